The molecule has 0 radical (unpaired) electrons. The molecule has 2 nitrogen and oxygen atoms in total. The van der Waals surface area contributed by atoms with E-state index >= 15 is 0 Å². The number of benzene rings is 1. The lowest BCUT2D eigenvalue weighted by Gasteiger charge is -1.98. The number of aryl methyl sites for hydroxylation is 1. The maximum absolute atomic E-state index is 10.4. The third kappa shape index (κ3) is 3.91. The fourth-order valence-corrected chi connectivity index (χ4v) is 2.04. The number of alkyl halides is 1. The van der Waals surface area contributed by atoms with Crippen molar-refractivity contribution < 1.29 is 8.42 Å². The molecule has 4 heteroatoms. The molecule has 1 rings (SSSR count). The molecule has 0 aromatic heterocycles. The van der Waals surface area contributed by atoms with E-state index in [4.69, 9.17) is 0 Å². The van der Waals surface area contributed by atoms with E-state index < -0.39 is 10.7 Å². The minimum atomic E-state index is -2.30. The summed E-state index contributed by atoms with van der Waals surface area (Å²) in [6.07, 6.45) is 0.976. The lowest BCUT2D eigenvalue weighted by Crippen LogP contribution is -1.89. The van der Waals surface area contributed by atoms with Gasteiger partial charge < -0.3 is 0 Å². The second-order valence-electron chi connectivity index (χ2n) is 2.75. The molecule has 0 aliphatic heterocycles. The highest BCUT2D eigenvalue weighted by Gasteiger charge is 1.95. The van der Waals surface area contributed by atoms with Gasteiger partial charge in [-0.05, 0) is 17.5 Å². The molecule has 0 amide bonds. The van der Waals surface area contributed by atoms with E-state index in [0.29, 0.717) is 0 Å². The molecule has 0 saturated carbocycles. The minimum Gasteiger partial charge on any atom is -0.232 e. The first-order valence-corrected chi connectivity index (χ1v) is 6.46. The number of halogens is 1. The van der Waals surface area contributed by atoms with Gasteiger partial charge in [-0.15, -0.1) is 0 Å². The van der Waals surface area contributed by atoms with Crippen molar-refractivity contribution in [2.45, 2.75) is 12.2 Å². The molecule has 0 heterocycles. The highest BCUT2D eigenvalue weighted by Crippen LogP contribution is 2.06. The molecule has 0 aliphatic rings. The summed E-state index contributed by atoms with van der Waals surface area (Å²) in [5.41, 5.74) is 2.08. The van der Waals surface area contributed by atoms with Gasteiger partial charge in [0.1, 0.15) is 10.7 Å². The van der Waals surface area contributed by atoms with Crippen LogP contribution in [-0.4, -0.2) is 13.7 Å². The van der Waals surface area contributed by atoms with Gasteiger partial charge >= 0.3 is 0 Å². The first-order chi connectivity index (χ1) is 6.22. The van der Waals surface area contributed by atoms with Crippen LogP contribution in [0.25, 0.3) is 0 Å². The molecule has 1 aromatic rings. The summed E-state index contributed by atoms with van der Waals surface area (Å²) in [6, 6.07) is 7.66. The van der Waals surface area contributed by atoms with Crippen LogP contribution in [0.3, 0.4) is 0 Å². The van der Waals surface area contributed by atoms with Crippen molar-refractivity contribution in [2.75, 3.05) is 5.33 Å². The van der Waals surface area contributed by atoms with Crippen molar-refractivity contribution in [2.24, 2.45) is 0 Å². The molecule has 72 valence electrons. The van der Waals surface area contributed by atoms with Crippen molar-refractivity contribution in [3.63, 3.8) is 0 Å². The Hall–Kier alpha value is -0.350. The zero-order valence-corrected chi connectivity index (χ0v) is 9.55. The predicted molar refractivity (Wildman–Crippen MR) is 58.0 cm³/mol. The minimum absolute atomic E-state index is 0.143. The van der Waals surface area contributed by atoms with Crippen LogP contribution >= 0.6 is 15.9 Å². The Bertz CT molecular complexity index is 322. The van der Waals surface area contributed by atoms with E-state index in [9.17, 15) is 8.42 Å². The Balaban J connectivity index is 2.69. The van der Waals surface area contributed by atoms with E-state index in [1.807, 2.05) is 24.3 Å². The van der Waals surface area contributed by atoms with Crippen LogP contribution in [0.4, 0.5) is 0 Å². The summed E-state index contributed by atoms with van der Waals surface area (Å²) in [5.74, 6) is 0.143. The van der Waals surface area contributed by atoms with Gasteiger partial charge in [-0.1, -0.05) is 40.2 Å². The summed E-state index contributed by atoms with van der Waals surface area (Å²) in [4.78, 5) is 0. The maximum atomic E-state index is 10.4. The lowest BCUT2D eigenvalue weighted by molar-refractivity contribution is 0.614. The lowest BCUT2D eigenvalue weighted by atomic mass is 10.1. The van der Waals surface area contributed by atoms with Crippen molar-refractivity contribution in [1.82, 2.24) is 0 Å². The number of thiol groups is 1. The summed E-state index contributed by atoms with van der Waals surface area (Å²) in [6.45, 7) is 0. The molecule has 0 N–H and O–H groups in total. The van der Waals surface area contributed by atoms with Crippen molar-refractivity contribution in [1.29, 1.82) is 0 Å². The third-order valence-corrected chi connectivity index (χ3v) is 2.74. The second-order valence-corrected chi connectivity index (χ2v) is 4.52. The molecule has 0 unspecified atom stereocenters. The fraction of sp³-hybridized carbons (Fsp3) is 0.333. The van der Waals surface area contributed by atoms with E-state index in [-0.39, 0.29) is 5.75 Å². The number of rotatable bonds is 4. The Morgan fingerprint density at radius 2 is 1.62 bits per heavy atom. The van der Waals surface area contributed by atoms with Crippen LogP contribution in [0, 0.1) is 0 Å². The van der Waals surface area contributed by atoms with Gasteiger partial charge in [-0.2, -0.15) is 0 Å². The first-order valence-electron chi connectivity index (χ1n) is 3.98. The summed E-state index contributed by atoms with van der Waals surface area (Å²) in [7, 11) is -2.30. The van der Waals surface area contributed by atoms with Gasteiger partial charge in [0.15, 0.2) is 0 Å². The molecule has 0 atom stereocenters. The van der Waals surface area contributed by atoms with Crippen LogP contribution < -0.4 is 0 Å². The molecular weight excluding hydrogens is 252 g/mol. The van der Waals surface area contributed by atoms with Crippen LogP contribution in [0.15, 0.2) is 24.3 Å². The zero-order chi connectivity index (χ0) is 9.68. The SMILES string of the molecule is O=[SH](=O)Cc1ccc(CCBr)cc1. The van der Waals surface area contributed by atoms with E-state index in [1.54, 1.807) is 0 Å². The van der Waals surface area contributed by atoms with Gasteiger partial charge in [0, 0.05) is 5.33 Å². The Kier molecular flexibility index (Phi) is 4.45. The van der Waals surface area contributed by atoms with Gasteiger partial charge in [0.2, 0.25) is 0 Å². The van der Waals surface area contributed by atoms with Crippen molar-refractivity contribution in [3.8, 4) is 0 Å². The highest BCUT2D eigenvalue weighted by atomic mass is 79.9. The summed E-state index contributed by atoms with van der Waals surface area (Å²) >= 11 is 3.35. The van der Waals surface area contributed by atoms with Gasteiger partial charge in [0.25, 0.3) is 0 Å². The molecule has 13 heavy (non-hydrogen) atoms. The van der Waals surface area contributed by atoms with Crippen molar-refractivity contribution >= 4 is 26.6 Å². The van der Waals surface area contributed by atoms with Gasteiger partial charge in [-0.25, -0.2) is 8.42 Å². The van der Waals surface area contributed by atoms with Crippen LogP contribution in [0.5, 0.6) is 0 Å². The molecule has 0 aliphatic carbocycles. The van der Waals surface area contributed by atoms with E-state index in [2.05, 4.69) is 15.9 Å². The second kappa shape index (κ2) is 5.40. The summed E-state index contributed by atoms with van der Waals surface area (Å²) < 4.78 is 20.8. The molecule has 0 saturated heterocycles. The smallest absolute Gasteiger partial charge is 0.144 e. The Morgan fingerprint density at radius 3 is 2.08 bits per heavy atom. The number of hydrogen-bond acceptors (Lipinski definition) is 2. The number of hydrogen-bond donors (Lipinski definition) is 1. The third-order valence-electron chi connectivity index (χ3n) is 1.72. The average Bonchev–Trinajstić information content (AvgIpc) is 2.08. The predicted octanol–water partition coefficient (Wildman–Crippen LogP) is 1.74. The Morgan fingerprint density at radius 1 is 1.08 bits per heavy atom. The van der Waals surface area contributed by atoms with Crippen LogP contribution in [0.1, 0.15) is 11.1 Å². The fourth-order valence-electron chi connectivity index (χ4n) is 1.07. The van der Waals surface area contributed by atoms with Crippen LogP contribution in [-0.2, 0) is 22.9 Å². The van der Waals surface area contributed by atoms with Gasteiger partial charge in [0.05, 0.1) is 5.75 Å². The van der Waals surface area contributed by atoms with Crippen LogP contribution in [0.2, 0.25) is 0 Å². The quantitative estimate of drug-likeness (QED) is 0.663. The van der Waals surface area contributed by atoms with Gasteiger partial charge in [-0.3, -0.25) is 0 Å². The maximum Gasteiger partial charge on any atom is 0.144 e. The monoisotopic (exact) mass is 262 g/mol. The standard InChI is InChI=1S/C9H11BrO2S/c10-6-5-8-1-3-9(4-2-8)7-13(11)12/h1-4,13H,5-7H2. The molecular formula is C9H11BrO2S. The molecule has 0 fully saturated rings. The topological polar surface area (TPSA) is 34.1 Å². The highest BCUT2D eigenvalue weighted by molar-refractivity contribution is 9.09. The normalized spacial score (nSPS) is 10.6. The molecule has 0 bridgehead atoms. The van der Waals surface area contributed by atoms with E-state index in [0.717, 1.165) is 17.3 Å². The molecule has 0 spiro atoms. The van der Waals surface area contributed by atoms with Crippen molar-refractivity contribution in [3.05, 3.63) is 35.4 Å². The largest absolute Gasteiger partial charge is 0.232 e. The zero-order valence-electron chi connectivity index (χ0n) is 7.07. The first kappa shape index (κ1) is 10.7. The average molecular weight is 263 g/mol. The van der Waals surface area contributed by atoms with E-state index in [1.165, 1.54) is 5.56 Å². The Labute approximate surface area is 88.1 Å². The molecule has 1 aromatic carbocycles. The summed E-state index contributed by atoms with van der Waals surface area (Å²) in [5, 5.41) is 0.933.